The summed E-state index contributed by atoms with van der Waals surface area (Å²) >= 11 is 1.56. The zero-order valence-corrected chi connectivity index (χ0v) is 16.6. The van der Waals surface area contributed by atoms with E-state index in [1.54, 1.807) is 42.5 Å². The van der Waals surface area contributed by atoms with Crippen molar-refractivity contribution >= 4 is 11.3 Å². The molecule has 1 unspecified atom stereocenters. The van der Waals surface area contributed by atoms with Gasteiger partial charge >= 0.3 is 0 Å². The molecule has 1 atom stereocenters. The number of hydrogen-bond donors (Lipinski definition) is 2. The van der Waals surface area contributed by atoms with Gasteiger partial charge in [-0.25, -0.2) is 0 Å². The molecule has 0 aliphatic rings. The molecule has 5 aromatic rings. The molecule has 4 aromatic heterocycles. The summed E-state index contributed by atoms with van der Waals surface area (Å²) in [4.78, 5) is 13.1. The van der Waals surface area contributed by atoms with Gasteiger partial charge in [0, 0.05) is 35.2 Å². The summed E-state index contributed by atoms with van der Waals surface area (Å²) < 4.78 is 0. The number of pyridine rings is 2. The predicted octanol–water partition coefficient (Wildman–Crippen LogP) is 4.74. The molecule has 0 radical (unpaired) electrons. The van der Waals surface area contributed by atoms with Crippen LogP contribution in [0.25, 0.3) is 32.3 Å². The van der Waals surface area contributed by atoms with Crippen molar-refractivity contribution in [1.82, 2.24) is 25.1 Å². The topological polar surface area (TPSA) is 87.6 Å². The predicted molar refractivity (Wildman–Crippen MR) is 117 cm³/mol. The molecule has 0 spiro atoms. The second-order valence-electron chi connectivity index (χ2n) is 6.73. The number of nitrogens with zero attached hydrogens (tertiary/aromatic N) is 4. The Labute approximate surface area is 177 Å². The highest BCUT2D eigenvalue weighted by Gasteiger charge is 2.22. The van der Waals surface area contributed by atoms with Gasteiger partial charge in [0.2, 0.25) is 0 Å². The van der Waals surface area contributed by atoms with Crippen LogP contribution in [0.5, 0.6) is 0 Å². The minimum Gasteiger partial charge on any atom is -0.384 e. The molecule has 0 aliphatic carbocycles. The first-order valence-electron chi connectivity index (χ1n) is 9.38. The van der Waals surface area contributed by atoms with Gasteiger partial charge in [-0.2, -0.15) is 0 Å². The zero-order chi connectivity index (χ0) is 20.3. The molecule has 0 bridgehead atoms. The van der Waals surface area contributed by atoms with Crippen LogP contribution in [0.3, 0.4) is 0 Å². The molecule has 0 saturated carbocycles. The molecule has 2 N–H and O–H groups in total. The number of aromatic amines is 1. The minimum atomic E-state index is -0.807. The van der Waals surface area contributed by atoms with E-state index in [9.17, 15) is 5.11 Å². The number of rotatable bonds is 5. The summed E-state index contributed by atoms with van der Waals surface area (Å²) in [6.45, 7) is 0. The van der Waals surface area contributed by atoms with Gasteiger partial charge in [0.15, 0.2) is 5.82 Å². The van der Waals surface area contributed by atoms with Crippen LogP contribution in [0.15, 0.2) is 85.7 Å². The Hall–Kier alpha value is -3.68. The first-order valence-corrected chi connectivity index (χ1v) is 10.2. The van der Waals surface area contributed by atoms with Gasteiger partial charge in [0.05, 0.1) is 4.88 Å². The third kappa shape index (κ3) is 3.52. The van der Waals surface area contributed by atoms with Crippen molar-refractivity contribution in [2.75, 3.05) is 0 Å². The number of benzene rings is 1. The van der Waals surface area contributed by atoms with Crippen molar-refractivity contribution < 1.29 is 5.11 Å². The van der Waals surface area contributed by atoms with Crippen molar-refractivity contribution in [2.24, 2.45) is 0 Å². The van der Waals surface area contributed by atoms with E-state index in [2.05, 4.69) is 25.1 Å². The van der Waals surface area contributed by atoms with E-state index in [1.165, 1.54) is 0 Å². The van der Waals surface area contributed by atoms with Gasteiger partial charge in [-0.15, -0.1) is 21.5 Å². The highest BCUT2D eigenvalue weighted by atomic mass is 32.1. The zero-order valence-electron chi connectivity index (χ0n) is 15.8. The maximum Gasteiger partial charge on any atom is 0.171 e. The molecule has 0 fully saturated rings. The largest absolute Gasteiger partial charge is 0.384 e. The molecule has 30 heavy (non-hydrogen) atoms. The standard InChI is InChI=1S/C23H17N5OS/c29-21(18-3-1-2-17(12-18)15-4-8-24-9-5-15)19-13-20(16-6-10-25-11-7-16)30-22(19)23-26-14-27-28-23/h1-14,21,29H,(H,26,27,28). The first-order chi connectivity index (χ1) is 14.8. The average molecular weight is 411 g/mol. The molecule has 7 heteroatoms. The fourth-order valence-corrected chi connectivity index (χ4v) is 4.52. The maximum atomic E-state index is 11.3. The summed E-state index contributed by atoms with van der Waals surface area (Å²) in [5.74, 6) is 0.639. The molecule has 146 valence electrons. The highest BCUT2D eigenvalue weighted by Crippen LogP contribution is 2.41. The molecule has 0 saturated heterocycles. The van der Waals surface area contributed by atoms with Gasteiger partial charge in [0.1, 0.15) is 12.4 Å². The van der Waals surface area contributed by atoms with Gasteiger partial charge in [0.25, 0.3) is 0 Å². The Balaban J connectivity index is 1.59. The summed E-state index contributed by atoms with van der Waals surface area (Å²) in [6.07, 6.45) is 7.79. The fourth-order valence-electron chi connectivity index (χ4n) is 3.38. The summed E-state index contributed by atoms with van der Waals surface area (Å²) in [6, 6.07) is 17.8. The molecule has 4 heterocycles. The summed E-state index contributed by atoms with van der Waals surface area (Å²) in [5, 5.41) is 19.4. The highest BCUT2D eigenvalue weighted by molar-refractivity contribution is 7.19. The van der Waals surface area contributed by atoms with E-state index in [0.717, 1.165) is 37.6 Å². The Kier molecular flexibility index (Phi) is 4.88. The van der Waals surface area contributed by atoms with Crippen LogP contribution in [0.1, 0.15) is 17.2 Å². The van der Waals surface area contributed by atoms with E-state index in [-0.39, 0.29) is 0 Å². The smallest absolute Gasteiger partial charge is 0.171 e. The Morgan fingerprint density at radius 3 is 2.27 bits per heavy atom. The lowest BCUT2D eigenvalue weighted by Gasteiger charge is -2.13. The van der Waals surface area contributed by atoms with Crippen LogP contribution in [0.4, 0.5) is 0 Å². The quantitative estimate of drug-likeness (QED) is 0.436. The fraction of sp³-hybridized carbons (Fsp3) is 0.0435. The van der Waals surface area contributed by atoms with E-state index in [0.29, 0.717) is 5.82 Å². The van der Waals surface area contributed by atoms with E-state index < -0.39 is 6.10 Å². The lowest BCUT2D eigenvalue weighted by molar-refractivity contribution is 0.221. The number of aliphatic hydroxyl groups excluding tert-OH is 1. The Bertz CT molecular complexity index is 1250. The number of hydrogen-bond acceptors (Lipinski definition) is 6. The normalized spacial score (nSPS) is 12.0. The maximum absolute atomic E-state index is 11.3. The molecule has 0 aliphatic heterocycles. The average Bonchev–Trinajstić information content (AvgIpc) is 3.50. The monoisotopic (exact) mass is 411 g/mol. The van der Waals surface area contributed by atoms with E-state index >= 15 is 0 Å². The first kappa shape index (κ1) is 18.4. The van der Waals surface area contributed by atoms with Crippen LogP contribution in [0, 0.1) is 0 Å². The molecule has 5 rings (SSSR count). The minimum absolute atomic E-state index is 0.639. The van der Waals surface area contributed by atoms with E-state index in [4.69, 9.17) is 0 Å². The lowest BCUT2D eigenvalue weighted by Crippen LogP contribution is -2.00. The number of thiophene rings is 1. The van der Waals surface area contributed by atoms with Crippen LogP contribution in [0.2, 0.25) is 0 Å². The molecular weight excluding hydrogens is 394 g/mol. The van der Waals surface area contributed by atoms with Crippen LogP contribution < -0.4 is 0 Å². The second-order valence-corrected chi connectivity index (χ2v) is 7.78. The molecule has 0 amide bonds. The van der Waals surface area contributed by atoms with Crippen molar-refractivity contribution in [1.29, 1.82) is 0 Å². The number of H-pyrrole nitrogens is 1. The van der Waals surface area contributed by atoms with Crippen molar-refractivity contribution in [2.45, 2.75) is 6.10 Å². The van der Waals surface area contributed by atoms with Gasteiger partial charge in [-0.05, 0) is 58.7 Å². The Morgan fingerprint density at radius 2 is 1.57 bits per heavy atom. The Morgan fingerprint density at radius 1 is 0.833 bits per heavy atom. The van der Waals surface area contributed by atoms with Crippen LogP contribution in [-0.4, -0.2) is 30.3 Å². The number of nitrogens with one attached hydrogen (secondary N) is 1. The lowest BCUT2D eigenvalue weighted by atomic mass is 9.97. The second kappa shape index (κ2) is 7.98. The molecular formula is C23H17N5OS. The summed E-state index contributed by atoms with van der Waals surface area (Å²) in [7, 11) is 0. The molecule has 6 nitrogen and oxygen atoms in total. The van der Waals surface area contributed by atoms with E-state index in [1.807, 2.05) is 54.6 Å². The van der Waals surface area contributed by atoms with Gasteiger partial charge in [-0.3, -0.25) is 9.97 Å². The van der Waals surface area contributed by atoms with Crippen LogP contribution in [-0.2, 0) is 0 Å². The third-order valence-electron chi connectivity index (χ3n) is 4.87. The number of aromatic nitrogens is 5. The third-order valence-corrected chi connectivity index (χ3v) is 6.07. The van der Waals surface area contributed by atoms with Crippen molar-refractivity contribution in [3.63, 3.8) is 0 Å². The van der Waals surface area contributed by atoms with Gasteiger partial charge in [-0.1, -0.05) is 18.2 Å². The molecule has 1 aromatic carbocycles. The van der Waals surface area contributed by atoms with Gasteiger partial charge < -0.3 is 10.1 Å². The van der Waals surface area contributed by atoms with Crippen molar-refractivity contribution in [3.8, 4) is 32.3 Å². The summed E-state index contributed by atoms with van der Waals surface area (Å²) in [5.41, 5.74) is 4.72. The number of aliphatic hydroxyl groups is 1. The SMILES string of the molecule is OC(c1cccc(-c2ccncc2)c1)c1cc(-c2ccncc2)sc1-c1nnc[nH]1. The van der Waals surface area contributed by atoms with Crippen molar-refractivity contribution in [3.05, 3.63) is 96.8 Å². The van der Waals surface area contributed by atoms with Crippen LogP contribution >= 0.6 is 11.3 Å².